The van der Waals surface area contributed by atoms with Crippen molar-refractivity contribution in [3.05, 3.63) is 29.3 Å². The molecule has 6 heteroatoms. The van der Waals surface area contributed by atoms with E-state index in [0.717, 1.165) is 19.5 Å². The minimum atomic E-state index is -0.0241. The molecule has 0 aromatic heterocycles. The van der Waals surface area contributed by atoms with Crippen molar-refractivity contribution in [3.8, 4) is 5.75 Å². The highest BCUT2D eigenvalue weighted by Crippen LogP contribution is 2.24. The average Bonchev–Trinajstić information content (AvgIpc) is 2.46. The van der Waals surface area contributed by atoms with Crippen molar-refractivity contribution in [2.45, 2.75) is 33.3 Å². The molecule has 1 aromatic rings. The largest absolute Gasteiger partial charge is 0.487 e. The minimum absolute atomic E-state index is 0. The second kappa shape index (κ2) is 11.0. The van der Waals surface area contributed by atoms with Gasteiger partial charge in [-0.25, -0.2) is 4.99 Å². The quantitative estimate of drug-likeness (QED) is 0.411. The number of nitrogens with two attached hydrogens (primary N) is 1. The highest BCUT2D eigenvalue weighted by Gasteiger charge is 2.11. The molecule has 1 atom stereocenters. The zero-order valence-electron chi connectivity index (χ0n) is 12.9. The Balaban J connectivity index is 0.00000400. The number of para-hydroxylation sites is 1. The lowest BCUT2D eigenvalue weighted by atomic mass is 10.2. The van der Waals surface area contributed by atoms with Crippen LogP contribution in [0, 0.1) is 0 Å². The number of rotatable bonds is 7. The van der Waals surface area contributed by atoms with Gasteiger partial charge >= 0.3 is 0 Å². The van der Waals surface area contributed by atoms with Crippen molar-refractivity contribution in [1.82, 2.24) is 4.90 Å². The highest BCUT2D eigenvalue weighted by molar-refractivity contribution is 14.0. The molecule has 0 saturated carbocycles. The molecule has 4 nitrogen and oxygen atoms in total. The molecule has 1 unspecified atom stereocenters. The van der Waals surface area contributed by atoms with Gasteiger partial charge in [-0.1, -0.05) is 30.7 Å². The first-order valence-electron chi connectivity index (χ1n) is 7.08. The van der Waals surface area contributed by atoms with Crippen LogP contribution in [0.25, 0.3) is 0 Å². The van der Waals surface area contributed by atoms with Crippen LogP contribution in [0.5, 0.6) is 5.75 Å². The van der Waals surface area contributed by atoms with E-state index in [2.05, 4.69) is 25.8 Å². The van der Waals surface area contributed by atoms with E-state index in [1.54, 1.807) is 0 Å². The molecule has 2 N–H and O–H groups in total. The van der Waals surface area contributed by atoms with Crippen molar-refractivity contribution in [2.75, 3.05) is 19.6 Å². The molecule has 0 saturated heterocycles. The Bertz CT molecular complexity index is 439. The Labute approximate surface area is 149 Å². The molecule has 0 radical (unpaired) electrons. The number of hydrogen-bond donors (Lipinski definition) is 1. The fourth-order valence-corrected chi connectivity index (χ4v) is 1.99. The maximum Gasteiger partial charge on any atom is 0.191 e. The van der Waals surface area contributed by atoms with E-state index >= 15 is 0 Å². The minimum Gasteiger partial charge on any atom is -0.487 e. The van der Waals surface area contributed by atoms with Gasteiger partial charge < -0.3 is 15.4 Å². The van der Waals surface area contributed by atoms with Crippen LogP contribution in [-0.2, 0) is 0 Å². The van der Waals surface area contributed by atoms with Crippen LogP contribution in [0.3, 0.4) is 0 Å². The lowest BCUT2D eigenvalue weighted by Crippen LogP contribution is -2.38. The van der Waals surface area contributed by atoms with E-state index in [-0.39, 0.29) is 30.1 Å². The van der Waals surface area contributed by atoms with Crippen LogP contribution in [0.2, 0.25) is 5.02 Å². The van der Waals surface area contributed by atoms with Crippen molar-refractivity contribution in [3.63, 3.8) is 0 Å². The first-order valence-corrected chi connectivity index (χ1v) is 7.46. The standard InChI is InChI=1S/C15H24ClN3O.HI/c1-4-12(11-18-15(17)19(5-2)6-3)20-14-10-8-7-9-13(14)16;/h7-10,12H,4-6,11H2,1-3H3,(H2,17,18);1H. The van der Waals surface area contributed by atoms with E-state index in [4.69, 9.17) is 22.1 Å². The predicted octanol–water partition coefficient (Wildman–Crippen LogP) is 3.77. The Hall–Kier alpha value is -0.690. The summed E-state index contributed by atoms with van der Waals surface area (Å²) < 4.78 is 5.88. The average molecular weight is 426 g/mol. The van der Waals surface area contributed by atoms with Crippen molar-refractivity contribution < 1.29 is 4.74 Å². The van der Waals surface area contributed by atoms with E-state index in [0.29, 0.717) is 23.3 Å². The third-order valence-corrected chi connectivity index (χ3v) is 3.44. The molecule has 21 heavy (non-hydrogen) atoms. The van der Waals surface area contributed by atoms with Crippen LogP contribution in [-0.4, -0.2) is 36.6 Å². The topological polar surface area (TPSA) is 50.8 Å². The predicted molar refractivity (Wildman–Crippen MR) is 101 cm³/mol. The summed E-state index contributed by atoms with van der Waals surface area (Å²) in [4.78, 5) is 6.43. The molecule has 0 aliphatic heterocycles. The summed E-state index contributed by atoms with van der Waals surface area (Å²) in [7, 11) is 0. The van der Waals surface area contributed by atoms with Crippen molar-refractivity contribution in [2.24, 2.45) is 10.7 Å². The zero-order chi connectivity index (χ0) is 15.0. The van der Waals surface area contributed by atoms with Gasteiger partial charge in [-0.05, 0) is 32.4 Å². The Morgan fingerprint density at radius 2 is 1.90 bits per heavy atom. The summed E-state index contributed by atoms with van der Waals surface area (Å²) >= 11 is 6.09. The van der Waals surface area contributed by atoms with Crippen LogP contribution in [0.1, 0.15) is 27.2 Å². The number of hydrogen-bond acceptors (Lipinski definition) is 2. The fraction of sp³-hybridized carbons (Fsp3) is 0.533. The Morgan fingerprint density at radius 3 is 2.43 bits per heavy atom. The van der Waals surface area contributed by atoms with E-state index in [9.17, 15) is 0 Å². The van der Waals surface area contributed by atoms with Crippen LogP contribution in [0.4, 0.5) is 0 Å². The summed E-state index contributed by atoms with van der Waals surface area (Å²) in [6.45, 7) is 8.42. The van der Waals surface area contributed by atoms with Gasteiger partial charge in [0.05, 0.1) is 11.6 Å². The molecule has 1 aromatic carbocycles. The van der Waals surface area contributed by atoms with Crippen molar-refractivity contribution >= 4 is 41.5 Å². The summed E-state index contributed by atoms with van der Waals surface area (Å²) in [6, 6.07) is 7.47. The summed E-state index contributed by atoms with van der Waals surface area (Å²) in [5.41, 5.74) is 5.96. The molecule has 1 rings (SSSR count). The number of guanidine groups is 1. The van der Waals surface area contributed by atoms with Gasteiger partial charge in [0.25, 0.3) is 0 Å². The first kappa shape index (κ1) is 20.3. The molecule has 0 heterocycles. The van der Waals surface area contributed by atoms with Gasteiger partial charge in [-0.3, -0.25) is 0 Å². The van der Waals surface area contributed by atoms with Gasteiger partial charge in [0, 0.05) is 13.1 Å². The van der Waals surface area contributed by atoms with Gasteiger partial charge in [-0.2, -0.15) is 0 Å². The Kier molecular flexibility index (Phi) is 10.6. The second-order valence-electron chi connectivity index (χ2n) is 4.45. The molecule has 0 amide bonds. The number of ether oxygens (including phenoxy) is 1. The van der Waals surface area contributed by atoms with Gasteiger partial charge in [-0.15, -0.1) is 24.0 Å². The lowest BCUT2D eigenvalue weighted by Gasteiger charge is -2.21. The molecule has 120 valence electrons. The maximum absolute atomic E-state index is 6.09. The molecule has 0 bridgehead atoms. The zero-order valence-corrected chi connectivity index (χ0v) is 16.0. The van der Waals surface area contributed by atoms with Crippen LogP contribution < -0.4 is 10.5 Å². The summed E-state index contributed by atoms with van der Waals surface area (Å²) in [6.07, 6.45) is 0.823. The van der Waals surface area contributed by atoms with E-state index in [1.807, 2.05) is 29.2 Å². The molecule has 0 fully saturated rings. The second-order valence-corrected chi connectivity index (χ2v) is 4.86. The molecular formula is C15H25ClIN3O. The molecule has 0 spiro atoms. The number of halogens is 2. The van der Waals surface area contributed by atoms with E-state index < -0.39 is 0 Å². The monoisotopic (exact) mass is 425 g/mol. The molecule has 0 aliphatic rings. The third kappa shape index (κ3) is 6.74. The number of nitrogens with zero attached hydrogens (tertiary/aromatic N) is 2. The van der Waals surface area contributed by atoms with E-state index in [1.165, 1.54) is 0 Å². The number of aliphatic imine (C=N–C) groups is 1. The molecule has 0 aliphatic carbocycles. The first-order chi connectivity index (χ1) is 9.62. The molecular weight excluding hydrogens is 401 g/mol. The fourth-order valence-electron chi connectivity index (χ4n) is 1.81. The maximum atomic E-state index is 6.09. The Morgan fingerprint density at radius 1 is 1.29 bits per heavy atom. The van der Waals surface area contributed by atoms with Crippen molar-refractivity contribution in [1.29, 1.82) is 0 Å². The normalized spacial score (nSPS) is 12.5. The SMILES string of the molecule is CCC(CN=C(N)N(CC)CC)Oc1ccccc1Cl.I. The van der Waals surface area contributed by atoms with Gasteiger partial charge in [0.1, 0.15) is 11.9 Å². The summed E-state index contributed by atoms with van der Waals surface area (Å²) in [5.74, 6) is 1.26. The van der Waals surface area contributed by atoms with Gasteiger partial charge in [0.2, 0.25) is 0 Å². The lowest BCUT2D eigenvalue weighted by molar-refractivity contribution is 0.205. The summed E-state index contributed by atoms with van der Waals surface area (Å²) in [5, 5.41) is 0.617. The highest BCUT2D eigenvalue weighted by atomic mass is 127. The third-order valence-electron chi connectivity index (χ3n) is 3.13. The number of benzene rings is 1. The van der Waals surface area contributed by atoms with Gasteiger partial charge in [0.15, 0.2) is 5.96 Å². The van der Waals surface area contributed by atoms with Crippen LogP contribution in [0.15, 0.2) is 29.3 Å². The smallest absolute Gasteiger partial charge is 0.191 e. The van der Waals surface area contributed by atoms with Crippen LogP contribution >= 0.6 is 35.6 Å².